The molecule has 2 aliphatic heterocycles. The summed E-state index contributed by atoms with van der Waals surface area (Å²) < 4.78 is 48.7. The van der Waals surface area contributed by atoms with E-state index >= 15 is 0 Å². The van der Waals surface area contributed by atoms with Gasteiger partial charge in [0.25, 0.3) is 0 Å². The Balaban J connectivity index is 0.000000317. The van der Waals surface area contributed by atoms with E-state index in [1.165, 1.54) is 57.3 Å². The molecule has 228 valence electrons. The van der Waals surface area contributed by atoms with Crippen LogP contribution in [0.1, 0.15) is 87.2 Å². The zero-order chi connectivity index (χ0) is 29.5. The lowest BCUT2D eigenvalue weighted by Gasteiger charge is -2.34. The number of unbranched alkanes of at least 4 members (excludes halogenated alkanes) is 7. The number of alkyl halides is 3. The van der Waals surface area contributed by atoms with Gasteiger partial charge in [0, 0.05) is 49.4 Å². The van der Waals surface area contributed by atoms with Crippen LogP contribution in [0.3, 0.4) is 0 Å². The van der Waals surface area contributed by atoms with Crippen LogP contribution in [0.2, 0.25) is 0 Å². The highest BCUT2D eigenvalue weighted by molar-refractivity contribution is 5.78. The second-order valence-corrected chi connectivity index (χ2v) is 10.3. The number of halogens is 3. The van der Waals surface area contributed by atoms with Gasteiger partial charge in [-0.3, -0.25) is 9.69 Å². The van der Waals surface area contributed by atoms with E-state index in [0.717, 1.165) is 26.1 Å². The number of fused-ring (bicyclic) bond motifs is 1. The molecule has 0 bridgehead atoms. The van der Waals surface area contributed by atoms with Crippen LogP contribution in [-0.4, -0.2) is 76.9 Å². The summed E-state index contributed by atoms with van der Waals surface area (Å²) in [5.74, 6) is -2.05. The Morgan fingerprint density at radius 3 is 2.37 bits per heavy atom. The number of carboxylic acid groups (broad SMARTS) is 1. The third-order valence-electron chi connectivity index (χ3n) is 7.20. The molecule has 2 aromatic rings. The minimum Gasteiger partial charge on any atom is -0.481 e. The Morgan fingerprint density at radius 1 is 1.07 bits per heavy atom. The van der Waals surface area contributed by atoms with Crippen LogP contribution in [0, 0.1) is 0 Å². The molecule has 0 aromatic carbocycles. The van der Waals surface area contributed by atoms with Crippen molar-refractivity contribution in [3.63, 3.8) is 0 Å². The molecular formula is C29H42F3N5O4. The van der Waals surface area contributed by atoms with E-state index in [0.29, 0.717) is 36.8 Å². The maximum atomic E-state index is 12.7. The molecule has 2 aliphatic rings. The number of rotatable bonds is 14. The van der Waals surface area contributed by atoms with Crippen LogP contribution in [0.25, 0.3) is 0 Å². The monoisotopic (exact) mass is 581 g/mol. The Bertz CT molecular complexity index is 1040. The van der Waals surface area contributed by atoms with Crippen molar-refractivity contribution in [2.75, 3.05) is 46.0 Å². The van der Waals surface area contributed by atoms with Crippen molar-refractivity contribution < 1.29 is 32.5 Å². The molecule has 0 unspecified atom stereocenters. The number of ether oxygens (including phenoxy) is 2. The number of pyridine rings is 1. The fraction of sp³-hybridized carbons (Fsp3) is 0.655. The van der Waals surface area contributed by atoms with Gasteiger partial charge in [0.2, 0.25) is 11.7 Å². The lowest BCUT2D eigenvalue weighted by Crippen LogP contribution is -2.43. The zero-order valence-corrected chi connectivity index (χ0v) is 23.7. The summed E-state index contributed by atoms with van der Waals surface area (Å²) in [6.45, 7) is 6.79. The van der Waals surface area contributed by atoms with E-state index in [2.05, 4.69) is 32.1 Å². The summed E-state index contributed by atoms with van der Waals surface area (Å²) in [5, 5.41) is 12.2. The minimum absolute atomic E-state index is 0.0461. The molecule has 0 aliphatic carbocycles. The van der Waals surface area contributed by atoms with Gasteiger partial charge < -0.3 is 19.9 Å². The highest BCUT2D eigenvalue weighted by Crippen LogP contribution is 2.31. The van der Waals surface area contributed by atoms with Crippen LogP contribution in [-0.2, 0) is 15.7 Å². The van der Waals surface area contributed by atoms with Gasteiger partial charge in [-0.2, -0.15) is 13.2 Å². The molecule has 2 N–H and O–H groups in total. The van der Waals surface area contributed by atoms with Crippen molar-refractivity contribution in [3.8, 4) is 5.88 Å². The molecule has 0 radical (unpaired) electrons. The molecule has 1 fully saturated rings. The maximum Gasteiger partial charge on any atom is 0.451 e. The Kier molecular flexibility index (Phi) is 13.7. The van der Waals surface area contributed by atoms with Gasteiger partial charge in [-0.05, 0) is 19.0 Å². The average molecular weight is 582 g/mol. The molecule has 0 amide bonds. The summed E-state index contributed by atoms with van der Waals surface area (Å²) in [4.78, 5) is 23.9. The summed E-state index contributed by atoms with van der Waals surface area (Å²) >= 11 is 0. The second kappa shape index (κ2) is 17.2. The highest BCUT2D eigenvalue weighted by atomic mass is 19.4. The fourth-order valence-corrected chi connectivity index (χ4v) is 4.87. The van der Waals surface area contributed by atoms with Gasteiger partial charge in [0.05, 0.1) is 19.3 Å². The van der Waals surface area contributed by atoms with E-state index in [1.54, 1.807) is 18.3 Å². The van der Waals surface area contributed by atoms with Crippen molar-refractivity contribution >= 4 is 5.97 Å². The molecule has 1 saturated heterocycles. The van der Waals surface area contributed by atoms with Crippen molar-refractivity contribution in [1.29, 1.82) is 0 Å². The van der Waals surface area contributed by atoms with Gasteiger partial charge in [-0.15, -0.1) is 0 Å². The van der Waals surface area contributed by atoms with Crippen LogP contribution >= 0.6 is 0 Å². The minimum atomic E-state index is -4.51. The van der Waals surface area contributed by atoms with Crippen molar-refractivity contribution in [1.82, 2.24) is 25.2 Å². The topological polar surface area (TPSA) is 110 Å². The third kappa shape index (κ3) is 10.8. The molecule has 4 rings (SSSR count). The number of morpholine rings is 1. The van der Waals surface area contributed by atoms with Gasteiger partial charge in [-0.1, -0.05) is 57.9 Å². The van der Waals surface area contributed by atoms with E-state index in [9.17, 15) is 18.0 Å². The van der Waals surface area contributed by atoms with E-state index in [1.807, 2.05) is 0 Å². The number of nitrogens with zero attached hydrogens (tertiary/aromatic N) is 4. The quantitative estimate of drug-likeness (QED) is 0.290. The molecular weight excluding hydrogens is 539 g/mol. The van der Waals surface area contributed by atoms with E-state index < -0.39 is 23.9 Å². The number of aliphatic carboxylic acids is 1. The molecule has 9 nitrogen and oxygen atoms in total. The molecule has 0 saturated carbocycles. The number of nitrogens with one attached hydrogen (secondary N) is 1. The number of hydrogen-bond acceptors (Lipinski definition) is 8. The predicted molar refractivity (Wildman–Crippen MR) is 148 cm³/mol. The molecule has 41 heavy (non-hydrogen) atoms. The molecule has 2 aromatic heterocycles. The van der Waals surface area contributed by atoms with E-state index in [-0.39, 0.29) is 12.6 Å². The first-order valence-corrected chi connectivity index (χ1v) is 14.5. The highest BCUT2D eigenvalue weighted by Gasteiger charge is 2.35. The first-order valence-electron chi connectivity index (χ1n) is 14.5. The van der Waals surface area contributed by atoms with Crippen LogP contribution < -0.4 is 10.1 Å². The van der Waals surface area contributed by atoms with Crippen LogP contribution in [0.5, 0.6) is 5.88 Å². The molecule has 4 heterocycles. The molecule has 2 atom stereocenters. The SMILES string of the molecule is CCCCCCCCCCNC[C@H](c1cnc(C(F)(F)F)nc1)N1CCOCC1.O=C(O)[C@@H]1COc2ncccc21. The Labute approximate surface area is 239 Å². The number of carbonyl (C=O) groups is 1. The summed E-state index contributed by atoms with van der Waals surface area (Å²) in [5.41, 5.74) is 1.38. The van der Waals surface area contributed by atoms with Gasteiger partial charge in [0.1, 0.15) is 12.5 Å². The number of hydrogen-bond donors (Lipinski definition) is 2. The predicted octanol–water partition coefficient (Wildman–Crippen LogP) is 5.24. The van der Waals surface area contributed by atoms with Crippen molar-refractivity contribution in [3.05, 3.63) is 47.7 Å². The summed E-state index contributed by atoms with van der Waals surface area (Å²) in [6.07, 6.45) is 9.88. The maximum absolute atomic E-state index is 12.7. The van der Waals surface area contributed by atoms with Crippen LogP contribution in [0.4, 0.5) is 13.2 Å². The zero-order valence-electron chi connectivity index (χ0n) is 23.7. The van der Waals surface area contributed by atoms with Gasteiger partial charge >= 0.3 is 12.1 Å². The summed E-state index contributed by atoms with van der Waals surface area (Å²) in [6, 6.07) is 3.40. The molecule has 0 spiro atoms. The largest absolute Gasteiger partial charge is 0.481 e. The number of carboxylic acids is 1. The summed E-state index contributed by atoms with van der Waals surface area (Å²) in [7, 11) is 0. The van der Waals surface area contributed by atoms with E-state index in [4.69, 9.17) is 14.6 Å². The van der Waals surface area contributed by atoms with Crippen molar-refractivity contribution in [2.45, 2.75) is 76.4 Å². The Hall–Kier alpha value is -2.83. The average Bonchev–Trinajstić information content (AvgIpc) is 3.41. The Morgan fingerprint density at radius 2 is 1.73 bits per heavy atom. The lowest BCUT2D eigenvalue weighted by molar-refractivity contribution is -0.145. The first-order chi connectivity index (χ1) is 19.8. The van der Waals surface area contributed by atoms with Gasteiger partial charge in [-0.25, -0.2) is 15.0 Å². The first kappa shape index (κ1) is 32.7. The molecule has 12 heteroatoms. The van der Waals surface area contributed by atoms with Gasteiger partial charge in [0.15, 0.2) is 0 Å². The smallest absolute Gasteiger partial charge is 0.451 e. The van der Waals surface area contributed by atoms with Crippen LogP contribution in [0.15, 0.2) is 30.7 Å². The normalized spacial score (nSPS) is 17.7. The second-order valence-electron chi connectivity index (χ2n) is 10.3. The third-order valence-corrected chi connectivity index (χ3v) is 7.20. The fourth-order valence-electron chi connectivity index (χ4n) is 4.87. The van der Waals surface area contributed by atoms with Crippen molar-refractivity contribution in [2.24, 2.45) is 0 Å². The standard InChI is InChI=1S/C21H35F3N4O.C8H7NO3/c1-2-3-4-5-6-7-8-9-10-25-17-19(28-11-13-29-14-12-28)18-15-26-20(27-16-18)21(22,23)24;10-8(11)6-4-12-7-5(6)2-1-3-9-7/h15-16,19,25H,2-14,17H2,1H3;1-3,6H,4H2,(H,10,11)/t19-;6-/m11/s1. The number of aromatic nitrogens is 3. The lowest BCUT2D eigenvalue weighted by atomic mass is 10.0.